The summed E-state index contributed by atoms with van der Waals surface area (Å²) >= 11 is 0. The Balaban J connectivity index is 1.83. The number of pyridine rings is 1. The van der Waals surface area contributed by atoms with Crippen molar-refractivity contribution in [2.24, 2.45) is 0 Å². The molecule has 22 heavy (non-hydrogen) atoms. The lowest BCUT2D eigenvalue weighted by molar-refractivity contribution is -0.116. The molecule has 1 unspecified atom stereocenters. The molecule has 6 heteroatoms. The molecule has 1 amide bonds. The number of aromatic nitrogens is 4. The first-order valence-electron chi connectivity index (χ1n) is 7.16. The lowest BCUT2D eigenvalue weighted by Crippen LogP contribution is -2.24. The first-order valence-corrected chi connectivity index (χ1v) is 7.16. The monoisotopic (exact) mass is 293 g/mol. The van der Waals surface area contributed by atoms with E-state index in [2.05, 4.69) is 20.5 Å². The van der Waals surface area contributed by atoms with E-state index < -0.39 is 0 Å². The van der Waals surface area contributed by atoms with Crippen LogP contribution in [0.3, 0.4) is 0 Å². The fraction of sp³-hybridized carbons (Fsp3) is 0.188. The third-order valence-electron chi connectivity index (χ3n) is 3.98. The van der Waals surface area contributed by atoms with E-state index >= 15 is 0 Å². The average Bonchev–Trinajstić information content (AvgIpc) is 3.15. The zero-order chi connectivity index (χ0) is 15.1. The Kier molecular flexibility index (Phi) is 2.82. The van der Waals surface area contributed by atoms with Gasteiger partial charge in [-0.3, -0.25) is 9.89 Å². The number of nitrogens with one attached hydrogen (secondary N) is 2. The molecule has 3 aromatic rings. The summed E-state index contributed by atoms with van der Waals surface area (Å²) < 4.78 is 2.03. The minimum Gasteiger partial charge on any atom is -0.311 e. The number of aryl methyl sites for hydroxylation is 1. The Morgan fingerprint density at radius 2 is 2.27 bits per heavy atom. The van der Waals surface area contributed by atoms with E-state index in [1.54, 1.807) is 12.4 Å². The van der Waals surface area contributed by atoms with Crippen molar-refractivity contribution in [3.8, 4) is 5.82 Å². The van der Waals surface area contributed by atoms with Crippen molar-refractivity contribution in [2.75, 3.05) is 5.32 Å². The Morgan fingerprint density at radius 3 is 3.14 bits per heavy atom. The maximum absolute atomic E-state index is 11.9. The minimum atomic E-state index is -0.0280. The van der Waals surface area contributed by atoms with E-state index in [0.717, 1.165) is 22.6 Å². The third kappa shape index (κ3) is 2.00. The van der Waals surface area contributed by atoms with Crippen LogP contribution in [0.4, 0.5) is 5.82 Å². The number of carbonyl (C=O) groups is 1. The van der Waals surface area contributed by atoms with Gasteiger partial charge in [-0.05, 0) is 36.8 Å². The van der Waals surface area contributed by atoms with Crippen molar-refractivity contribution >= 4 is 11.7 Å². The van der Waals surface area contributed by atoms with Gasteiger partial charge in [-0.15, -0.1) is 0 Å². The zero-order valence-electron chi connectivity index (χ0n) is 12.1. The molecule has 2 N–H and O–H groups in total. The van der Waals surface area contributed by atoms with Crippen LogP contribution in [0.2, 0.25) is 0 Å². The third-order valence-corrected chi connectivity index (χ3v) is 3.98. The van der Waals surface area contributed by atoms with Gasteiger partial charge < -0.3 is 9.88 Å². The van der Waals surface area contributed by atoms with Gasteiger partial charge in [0.2, 0.25) is 5.91 Å². The highest BCUT2D eigenvalue weighted by molar-refractivity contribution is 5.94. The Bertz CT molecular complexity index is 848. The molecular formula is C16H15N5O. The Hall–Kier alpha value is -2.89. The van der Waals surface area contributed by atoms with Crippen LogP contribution in [0, 0.1) is 6.92 Å². The molecule has 3 aromatic heterocycles. The van der Waals surface area contributed by atoms with Gasteiger partial charge in [0.1, 0.15) is 11.6 Å². The first kappa shape index (κ1) is 12.8. The molecule has 0 saturated carbocycles. The standard InChI is InChI=1S/C16H15N5O/c1-10-4-5-17-14(7-10)21-6-2-3-13(21)11-8-15(22)19-16-12(11)9-18-20-16/h2-7,9,11H,8H2,1H3,(H2,18,19,20,22). The predicted molar refractivity (Wildman–Crippen MR) is 82.0 cm³/mol. The van der Waals surface area contributed by atoms with Crippen molar-refractivity contribution in [3.05, 3.63) is 59.7 Å². The summed E-state index contributed by atoms with van der Waals surface area (Å²) in [6.45, 7) is 2.04. The summed E-state index contributed by atoms with van der Waals surface area (Å²) in [5.41, 5.74) is 3.19. The van der Waals surface area contributed by atoms with Gasteiger partial charge in [0, 0.05) is 36.0 Å². The van der Waals surface area contributed by atoms with Crippen molar-refractivity contribution in [1.82, 2.24) is 19.7 Å². The summed E-state index contributed by atoms with van der Waals surface area (Å²) in [6.07, 6.45) is 5.96. The fourth-order valence-electron chi connectivity index (χ4n) is 2.95. The molecule has 0 saturated heterocycles. The van der Waals surface area contributed by atoms with Crippen LogP contribution in [-0.4, -0.2) is 25.7 Å². The second kappa shape index (κ2) is 4.84. The molecule has 6 nitrogen and oxygen atoms in total. The molecule has 0 spiro atoms. The number of carbonyl (C=O) groups excluding carboxylic acids is 1. The van der Waals surface area contributed by atoms with Gasteiger partial charge in [-0.1, -0.05) is 0 Å². The van der Waals surface area contributed by atoms with E-state index in [-0.39, 0.29) is 11.8 Å². The van der Waals surface area contributed by atoms with Gasteiger partial charge in [-0.2, -0.15) is 5.10 Å². The summed E-state index contributed by atoms with van der Waals surface area (Å²) in [4.78, 5) is 16.4. The second-order valence-electron chi connectivity index (χ2n) is 5.50. The molecule has 0 aromatic carbocycles. The summed E-state index contributed by atoms with van der Waals surface area (Å²) in [5, 5.41) is 9.71. The highest BCUT2D eigenvalue weighted by Crippen LogP contribution is 2.36. The van der Waals surface area contributed by atoms with Crippen molar-refractivity contribution in [2.45, 2.75) is 19.3 Å². The van der Waals surface area contributed by atoms with Crippen LogP contribution < -0.4 is 5.32 Å². The number of amides is 1. The van der Waals surface area contributed by atoms with Crippen LogP contribution in [0.1, 0.15) is 29.2 Å². The largest absolute Gasteiger partial charge is 0.311 e. The van der Waals surface area contributed by atoms with Gasteiger partial charge in [0.25, 0.3) is 0 Å². The van der Waals surface area contributed by atoms with Crippen LogP contribution in [0.15, 0.2) is 42.9 Å². The molecule has 0 aliphatic carbocycles. The van der Waals surface area contributed by atoms with Crippen molar-refractivity contribution < 1.29 is 4.79 Å². The lowest BCUT2D eigenvalue weighted by atomic mass is 9.91. The van der Waals surface area contributed by atoms with Gasteiger partial charge in [-0.25, -0.2) is 4.98 Å². The zero-order valence-corrected chi connectivity index (χ0v) is 12.1. The predicted octanol–water partition coefficient (Wildman–Crippen LogP) is 2.38. The number of aromatic amines is 1. The molecule has 4 heterocycles. The molecule has 1 aliphatic rings. The van der Waals surface area contributed by atoms with Gasteiger partial charge in [0.15, 0.2) is 0 Å². The van der Waals surface area contributed by atoms with Crippen molar-refractivity contribution in [1.29, 1.82) is 0 Å². The number of H-pyrrole nitrogens is 1. The fourth-order valence-corrected chi connectivity index (χ4v) is 2.95. The average molecular weight is 293 g/mol. The number of fused-ring (bicyclic) bond motifs is 1. The van der Waals surface area contributed by atoms with E-state index in [4.69, 9.17) is 0 Å². The van der Waals surface area contributed by atoms with E-state index in [1.165, 1.54) is 0 Å². The molecule has 0 bridgehead atoms. The van der Waals surface area contributed by atoms with Crippen LogP contribution in [-0.2, 0) is 4.79 Å². The van der Waals surface area contributed by atoms with Crippen LogP contribution >= 0.6 is 0 Å². The molecule has 0 fully saturated rings. The molecule has 4 rings (SSSR count). The van der Waals surface area contributed by atoms with Gasteiger partial charge in [0.05, 0.1) is 6.20 Å². The maximum atomic E-state index is 11.9. The van der Waals surface area contributed by atoms with Gasteiger partial charge >= 0.3 is 0 Å². The summed E-state index contributed by atoms with van der Waals surface area (Å²) in [6, 6.07) is 8.01. The minimum absolute atomic E-state index is 0.00768. The number of anilines is 1. The summed E-state index contributed by atoms with van der Waals surface area (Å²) in [5.74, 6) is 1.51. The van der Waals surface area contributed by atoms with E-state index in [9.17, 15) is 4.79 Å². The SMILES string of the molecule is Cc1ccnc(-n2cccc2C2CC(=O)Nc3[nH]ncc32)c1. The van der Waals surface area contributed by atoms with Crippen LogP contribution in [0.25, 0.3) is 5.82 Å². The number of hydrogen-bond donors (Lipinski definition) is 2. The van der Waals surface area contributed by atoms with E-state index in [0.29, 0.717) is 12.2 Å². The first-order chi connectivity index (χ1) is 10.7. The maximum Gasteiger partial charge on any atom is 0.226 e. The van der Waals surface area contributed by atoms with Crippen molar-refractivity contribution in [3.63, 3.8) is 0 Å². The summed E-state index contributed by atoms with van der Waals surface area (Å²) in [7, 11) is 0. The lowest BCUT2D eigenvalue weighted by Gasteiger charge is -2.23. The van der Waals surface area contributed by atoms with Crippen LogP contribution in [0.5, 0.6) is 0 Å². The quantitative estimate of drug-likeness (QED) is 0.761. The normalized spacial score (nSPS) is 17.1. The number of hydrogen-bond acceptors (Lipinski definition) is 3. The molecule has 110 valence electrons. The second-order valence-corrected chi connectivity index (χ2v) is 5.50. The molecular weight excluding hydrogens is 278 g/mol. The molecule has 0 radical (unpaired) electrons. The highest BCUT2D eigenvalue weighted by atomic mass is 16.1. The molecule has 1 atom stereocenters. The number of rotatable bonds is 2. The Labute approximate surface area is 127 Å². The molecule has 1 aliphatic heterocycles. The smallest absolute Gasteiger partial charge is 0.226 e. The topological polar surface area (TPSA) is 75.6 Å². The van der Waals surface area contributed by atoms with E-state index in [1.807, 2.05) is 42.0 Å². The Morgan fingerprint density at radius 1 is 1.36 bits per heavy atom. The highest BCUT2D eigenvalue weighted by Gasteiger charge is 2.30. The number of nitrogens with zero attached hydrogens (tertiary/aromatic N) is 3.